The zero-order valence-corrected chi connectivity index (χ0v) is 63.3. The molecule has 19 aromatic rings. The van der Waals surface area contributed by atoms with Gasteiger partial charge in [0, 0.05) is 87.2 Å². The molecule has 0 atom stereocenters. The molecule has 0 saturated carbocycles. The van der Waals surface area contributed by atoms with Gasteiger partial charge >= 0.3 is 0 Å². The third-order valence-corrected chi connectivity index (χ3v) is 19.6. The Morgan fingerprint density at radius 3 is 0.981 bits per heavy atom. The summed E-state index contributed by atoms with van der Waals surface area (Å²) in [5.41, 5.74) is 20.1. The number of benzene rings is 11. The summed E-state index contributed by atoms with van der Waals surface area (Å²) in [6.07, 6.45) is 6.92. The molecule has 12 nitrogen and oxygen atoms in total. The lowest BCUT2D eigenvalue weighted by atomic mass is 10.0. The summed E-state index contributed by atoms with van der Waals surface area (Å²) in [7, 11) is 0. The van der Waals surface area contributed by atoms with Gasteiger partial charge in [0.15, 0.2) is 23.3 Å². The molecule has 0 radical (unpaired) electrons. The van der Waals surface area contributed by atoms with Gasteiger partial charge in [0.05, 0.1) is 28.9 Å². The number of pyridine rings is 4. The van der Waals surface area contributed by atoms with Crippen molar-refractivity contribution in [3.05, 3.63) is 370 Å². The molecular formula is C92H58Br4N12. The fourth-order valence-electron chi connectivity index (χ4n) is 12.3. The zero-order valence-electron chi connectivity index (χ0n) is 62.0. The van der Waals surface area contributed by atoms with Crippen LogP contribution in [0.2, 0.25) is 0 Å². The number of hydrogen-bond acceptors (Lipinski definition) is 12. The fourth-order valence-corrected chi connectivity index (χ4v) is 13.3. The zero-order chi connectivity index (χ0) is 77.5. The molecule has 108 heavy (non-hydrogen) atoms. The molecule has 514 valence electrons. The molecule has 11 aromatic carbocycles. The lowest BCUT2D eigenvalue weighted by Gasteiger charge is -2.11. The van der Waals surface area contributed by atoms with E-state index in [0.717, 1.165) is 118 Å². The number of fused-ring (bicyclic) bond motifs is 5. The van der Waals surface area contributed by atoms with E-state index in [0.29, 0.717) is 34.3 Å². The van der Waals surface area contributed by atoms with Gasteiger partial charge in [-0.25, -0.2) is 39.9 Å². The van der Waals surface area contributed by atoms with Gasteiger partial charge < -0.3 is 0 Å². The highest BCUT2D eigenvalue weighted by Gasteiger charge is 2.19. The van der Waals surface area contributed by atoms with E-state index in [9.17, 15) is 0 Å². The molecule has 0 bridgehead atoms. The molecule has 8 aromatic heterocycles. The monoisotopic (exact) mass is 1650 g/mol. The van der Waals surface area contributed by atoms with Gasteiger partial charge in [-0.1, -0.05) is 288 Å². The second kappa shape index (κ2) is 32.5. The van der Waals surface area contributed by atoms with Crippen LogP contribution in [0.5, 0.6) is 0 Å². The Morgan fingerprint density at radius 1 is 0.222 bits per heavy atom. The van der Waals surface area contributed by atoms with E-state index in [1.165, 1.54) is 22.1 Å². The fraction of sp³-hybridized carbons (Fsp3) is 0. The lowest BCUT2D eigenvalue weighted by molar-refractivity contribution is 1.20. The Bertz CT molecular complexity index is 6690. The SMILES string of the molecule is Brc1ccc(-c2nc(-c3ccc(-c4ccccc4)cc3)c3ncccc3n2)cc1.Brc1ccc(-c2nc(-c3cccc(-c4ccccc4)c3)c3ncccc3n2)cc1.Brc1ccc(-c2nc(-c3cccc4ccccc34)c3ncccc3n2)cc1.[2H]c1c([2H])c([2H])c(-c2nc(-c3ccc(Br)cc3)nc3cccnc23)c([2H])c1[2H]. The molecule has 0 aliphatic rings. The quantitative estimate of drug-likeness (QED) is 0.128. The average Bonchev–Trinajstić information content (AvgIpc) is 0.752. The topological polar surface area (TPSA) is 155 Å². The van der Waals surface area contributed by atoms with Crippen LogP contribution < -0.4 is 0 Å². The number of nitrogens with zero attached hydrogens (tertiary/aromatic N) is 12. The van der Waals surface area contributed by atoms with Gasteiger partial charge in [-0.05, 0) is 136 Å². The van der Waals surface area contributed by atoms with Gasteiger partial charge in [-0.2, -0.15) is 0 Å². The maximum Gasteiger partial charge on any atom is 0.160 e. The molecule has 0 spiro atoms. The van der Waals surface area contributed by atoms with Crippen LogP contribution in [0.1, 0.15) is 6.85 Å². The first kappa shape index (κ1) is 64.0. The molecule has 19 rings (SSSR count). The van der Waals surface area contributed by atoms with Gasteiger partial charge in [0.25, 0.3) is 0 Å². The summed E-state index contributed by atoms with van der Waals surface area (Å²) in [6.45, 7) is 0. The van der Waals surface area contributed by atoms with Crippen molar-refractivity contribution in [3.63, 3.8) is 0 Å². The van der Waals surface area contributed by atoms with Crippen molar-refractivity contribution >= 4 is 119 Å². The highest BCUT2D eigenvalue weighted by molar-refractivity contribution is 9.11. The van der Waals surface area contributed by atoms with Crippen molar-refractivity contribution in [1.29, 1.82) is 0 Å². The smallest absolute Gasteiger partial charge is 0.160 e. The highest BCUT2D eigenvalue weighted by Crippen LogP contribution is 2.37. The van der Waals surface area contributed by atoms with Gasteiger partial charge in [0.1, 0.15) is 44.8 Å². The molecule has 0 N–H and O–H groups in total. The van der Waals surface area contributed by atoms with E-state index in [4.69, 9.17) is 36.8 Å². The van der Waals surface area contributed by atoms with Crippen LogP contribution in [-0.4, -0.2) is 59.8 Å². The lowest BCUT2D eigenvalue weighted by Crippen LogP contribution is -1.97. The van der Waals surface area contributed by atoms with Crippen LogP contribution in [0.4, 0.5) is 0 Å². The molecular weight excluding hydrogens is 1590 g/mol. The van der Waals surface area contributed by atoms with Crippen molar-refractivity contribution in [2.75, 3.05) is 0 Å². The van der Waals surface area contributed by atoms with Crippen LogP contribution in [-0.2, 0) is 0 Å². The number of halogens is 4. The summed E-state index contributed by atoms with van der Waals surface area (Å²) >= 11 is 13.8. The molecule has 8 heterocycles. The second-order valence-electron chi connectivity index (χ2n) is 24.5. The molecule has 0 aliphatic heterocycles. The minimum absolute atomic E-state index is 0.00969. The summed E-state index contributed by atoms with van der Waals surface area (Å²) in [4.78, 5) is 56.1. The minimum Gasteiger partial charge on any atom is -0.252 e. The Hall–Kier alpha value is -12.4. The van der Waals surface area contributed by atoms with E-state index in [1.54, 1.807) is 36.9 Å². The normalized spacial score (nSPS) is 11.6. The standard InChI is InChI=1S/2C25H16BrN3.C23H14BrN3.C19H12BrN3/c26-21-13-11-18(12-14-21)25-28-22-10-5-15-27-24(22)23(29-25)20-9-4-8-19(16-20)17-6-2-1-3-7-17;26-21-14-12-20(13-15-21)25-28-22-7-4-16-27-24(22)23(29-25)19-10-8-18(9-11-19)17-5-2-1-3-6-17;24-17-12-10-16(11-13-17)23-26-20-9-4-14-25-22(20)21(27-23)19-8-3-6-15-5-1-2-7-18(15)19;20-15-10-8-14(9-11-15)19-22-16-7-4-12-21-18(16)17(23-19)13-5-2-1-3-6-13/h2*1-16H;1-14H;1-12H/i;;;1D,2D,3D,5D,6D. The van der Waals surface area contributed by atoms with E-state index in [2.05, 4.69) is 233 Å². The molecule has 0 fully saturated rings. The van der Waals surface area contributed by atoms with Gasteiger partial charge in [-0.15, -0.1) is 0 Å². The number of rotatable bonds is 10. The molecule has 0 saturated heterocycles. The van der Waals surface area contributed by atoms with Crippen LogP contribution in [0, 0.1) is 0 Å². The van der Waals surface area contributed by atoms with Gasteiger partial charge in [-0.3, -0.25) is 19.9 Å². The van der Waals surface area contributed by atoms with Crippen LogP contribution in [0.25, 0.3) is 168 Å². The maximum atomic E-state index is 8.28. The highest BCUT2D eigenvalue weighted by atomic mass is 79.9. The Balaban J connectivity index is 0.000000114. The van der Waals surface area contributed by atoms with E-state index < -0.39 is 18.1 Å². The maximum absolute atomic E-state index is 8.28. The predicted octanol–water partition coefficient (Wildman–Crippen LogP) is 25.0. The summed E-state index contributed by atoms with van der Waals surface area (Å²) < 4.78 is 44.3. The second-order valence-corrected chi connectivity index (χ2v) is 28.2. The molecule has 0 amide bonds. The average molecular weight is 1660 g/mol. The van der Waals surface area contributed by atoms with Crippen LogP contribution in [0.3, 0.4) is 0 Å². The van der Waals surface area contributed by atoms with Crippen molar-refractivity contribution in [1.82, 2.24) is 59.8 Å². The minimum atomic E-state index is -0.446. The Kier molecular flexibility index (Phi) is 19.3. The number of hydrogen-bond donors (Lipinski definition) is 0. The largest absolute Gasteiger partial charge is 0.252 e. The first-order valence-electron chi connectivity index (χ1n) is 36.7. The van der Waals surface area contributed by atoms with E-state index in [-0.39, 0.29) is 23.3 Å². The first-order chi connectivity index (χ1) is 55.2. The summed E-state index contributed by atoms with van der Waals surface area (Å²) in [5.74, 6) is 2.47. The van der Waals surface area contributed by atoms with Crippen LogP contribution in [0.15, 0.2) is 370 Å². The van der Waals surface area contributed by atoms with Gasteiger partial charge in [0.2, 0.25) is 0 Å². The van der Waals surface area contributed by atoms with Crippen LogP contribution >= 0.6 is 63.7 Å². The molecule has 0 aliphatic carbocycles. The molecule has 16 heteroatoms. The Labute approximate surface area is 663 Å². The summed E-state index contributed by atoms with van der Waals surface area (Å²) in [5, 5.41) is 2.34. The van der Waals surface area contributed by atoms with Crippen molar-refractivity contribution in [2.24, 2.45) is 0 Å². The summed E-state index contributed by atoms with van der Waals surface area (Å²) in [6, 6.07) is 97.0. The Morgan fingerprint density at radius 2 is 0.537 bits per heavy atom. The molecule has 0 unspecified atom stereocenters. The third-order valence-electron chi connectivity index (χ3n) is 17.5. The van der Waals surface area contributed by atoms with E-state index >= 15 is 0 Å². The first-order valence-corrected chi connectivity index (χ1v) is 37.3. The van der Waals surface area contributed by atoms with Crippen molar-refractivity contribution in [3.8, 4) is 113 Å². The van der Waals surface area contributed by atoms with Crippen molar-refractivity contribution < 1.29 is 6.85 Å². The predicted molar refractivity (Wildman–Crippen MR) is 452 cm³/mol. The van der Waals surface area contributed by atoms with Crippen molar-refractivity contribution in [2.45, 2.75) is 0 Å². The van der Waals surface area contributed by atoms with E-state index in [1.807, 2.05) is 146 Å². The number of aromatic nitrogens is 12. The third kappa shape index (κ3) is 15.9.